The highest BCUT2D eigenvalue weighted by atomic mass is 35.5. The number of halogens is 1. The summed E-state index contributed by atoms with van der Waals surface area (Å²) in [6.45, 7) is 2.64. The van der Waals surface area contributed by atoms with Crippen molar-refractivity contribution in [2.24, 2.45) is 0 Å². The van der Waals surface area contributed by atoms with Gasteiger partial charge in [-0.25, -0.2) is 0 Å². The lowest BCUT2D eigenvalue weighted by Gasteiger charge is -2.31. The van der Waals surface area contributed by atoms with E-state index in [0.29, 0.717) is 12.3 Å². The molecule has 1 aliphatic heterocycles. The number of rotatable bonds is 3. The first-order valence-electron chi connectivity index (χ1n) is 8.64. The molecule has 128 valence electrons. The van der Waals surface area contributed by atoms with Crippen molar-refractivity contribution in [3.05, 3.63) is 88.7 Å². The van der Waals surface area contributed by atoms with Gasteiger partial charge < -0.3 is 9.67 Å². The Morgan fingerprint density at radius 3 is 2.60 bits per heavy atom. The van der Waals surface area contributed by atoms with Gasteiger partial charge in [0.25, 0.3) is 0 Å². The van der Waals surface area contributed by atoms with E-state index in [1.807, 2.05) is 36.4 Å². The monoisotopic (exact) mass is 352 g/mol. The lowest BCUT2D eigenvalue weighted by Crippen LogP contribution is -2.29. The zero-order valence-corrected chi connectivity index (χ0v) is 14.7. The first-order valence-corrected chi connectivity index (χ1v) is 9.02. The van der Waals surface area contributed by atoms with Gasteiger partial charge in [-0.05, 0) is 36.2 Å². The highest BCUT2D eigenvalue weighted by molar-refractivity contribution is 6.31. The van der Waals surface area contributed by atoms with E-state index in [2.05, 4.69) is 33.9 Å². The highest BCUT2D eigenvalue weighted by Crippen LogP contribution is 2.37. The van der Waals surface area contributed by atoms with Crippen LogP contribution in [0.15, 0.2) is 66.9 Å². The number of nitrogens with zero attached hydrogens (tertiary/aromatic N) is 2. The summed E-state index contributed by atoms with van der Waals surface area (Å²) in [6.07, 6.45) is 3.21. The van der Waals surface area contributed by atoms with Crippen LogP contribution in [0, 0.1) is 0 Å². The summed E-state index contributed by atoms with van der Waals surface area (Å²) in [7, 11) is 0. The first kappa shape index (κ1) is 16.2. The molecule has 0 amide bonds. The Labute approximate surface area is 153 Å². The number of hydrogen-bond acceptors (Lipinski definition) is 2. The maximum Gasteiger partial charge on any atom is 0.120 e. The Balaban J connectivity index is 1.78. The molecular formula is C21H21ClN2O. The van der Waals surface area contributed by atoms with Crippen molar-refractivity contribution in [1.29, 1.82) is 0 Å². The minimum atomic E-state index is 0.0748. The summed E-state index contributed by atoms with van der Waals surface area (Å²) in [5.74, 6) is 0.347. The van der Waals surface area contributed by atoms with Crippen molar-refractivity contribution in [3.63, 3.8) is 0 Å². The van der Waals surface area contributed by atoms with Gasteiger partial charge in [0.15, 0.2) is 0 Å². The van der Waals surface area contributed by atoms with Gasteiger partial charge in [-0.3, -0.25) is 4.90 Å². The fourth-order valence-corrected chi connectivity index (χ4v) is 3.97. The van der Waals surface area contributed by atoms with Gasteiger partial charge in [-0.2, -0.15) is 0 Å². The standard InChI is InChI=1S/C21H21ClN2O/c22-18-9-3-2-8-17(18)21-19-10-5-12-23(19)13-6-14-24(21)15-16-7-1-4-11-20(16)25/h1-5,7-12,21,25H,6,13-15H2. The number of aromatic hydroxyl groups is 1. The molecule has 4 heteroatoms. The van der Waals surface area contributed by atoms with Crippen LogP contribution in [-0.2, 0) is 13.1 Å². The molecule has 0 saturated heterocycles. The Kier molecular flexibility index (Phi) is 4.51. The molecule has 1 aromatic heterocycles. The Morgan fingerprint density at radius 2 is 1.76 bits per heavy atom. The van der Waals surface area contributed by atoms with Crippen LogP contribution in [0.3, 0.4) is 0 Å². The summed E-state index contributed by atoms with van der Waals surface area (Å²) in [5, 5.41) is 11.0. The molecule has 1 N–H and O–H groups in total. The van der Waals surface area contributed by atoms with E-state index >= 15 is 0 Å². The highest BCUT2D eigenvalue weighted by Gasteiger charge is 2.29. The van der Waals surface area contributed by atoms with Crippen LogP contribution in [-0.4, -0.2) is 21.1 Å². The van der Waals surface area contributed by atoms with Crippen LogP contribution in [0.2, 0.25) is 5.02 Å². The molecule has 3 aromatic rings. The molecule has 3 nitrogen and oxygen atoms in total. The molecule has 0 saturated carbocycles. The van der Waals surface area contributed by atoms with Crippen LogP contribution in [0.25, 0.3) is 0 Å². The predicted octanol–water partition coefficient (Wildman–Crippen LogP) is 4.84. The number of fused-ring (bicyclic) bond motifs is 1. The molecule has 2 aromatic carbocycles. The van der Waals surface area contributed by atoms with Gasteiger partial charge in [-0.15, -0.1) is 0 Å². The topological polar surface area (TPSA) is 28.4 Å². The Bertz CT molecular complexity index is 874. The summed E-state index contributed by atoms with van der Waals surface area (Å²) in [5.41, 5.74) is 3.31. The lowest BCUT2D eigenvalue weighted by atomic mass is 10.0. The van der Waals surface area contributed by atoms with Gasteiger partial charge in [0, 0.05) is 42.1 Å². The second-order valence-electron chi connectivity index (χ2n) is 6.50. The molecule has 4 rings (SSSR count). The van der Waals surface area contributed by atoms with E-state index in [0.717, 1.165) is 35.7 Å². The molecular weight excluding hydrogens is 332 g/mol. The van der Waals surface area contributed by atoms with Crippen LogP contribution < -0.4 is 0 Å². The first-order chi connectivity index (χ1) is 12.2. The summed E-state index contributed by atoms with van der Waals surface area (Å²) in [4.78, 5) is 2.41. The minimum Gasteiger partial charge on any atom is -0.508 e. The predicted molar refractivity (Wildman–Crippen MR) is 101 cm³/mol. The van der Waals surface area contributed by atoms with E-state index in [4.69, 9.17) is 11.6 Å². The molecule has 0 spiro atoms. The van der Waals surface area contributed by atoms with Gasteiger partial charge in [0.1, 0.15) is 5.75 Å². The average molecular weight is 353 g/mol. The smallest absolute Gasteiger partial charge is 0.120 e. The van der Waals surface area contributed by atoms with E-state index in [1.165, 1.54) is 5.69 Å². The van der Waals surface area contributed by atoms with Crippen molar-refractivity contribution in [1.82, 2.24) is 9.47 Å². The minimum absolute atomic E-state index is 0.0748. The van der Waals surface area contributed by atoms with E-state index in [9.17, 15) is 5.11 Å². The van der Waals surface area contributed by atoms with Crippen LogP contribution in [0.1, 0.15) is 29.3 Å². The Hall–Kier alpha value is -2.23. The maximum atomic E-state index is 10.2. The summed E-state index contributed by atoms with van der Waals surface area (Å²) in [6, 6.07) is 20.0. The number of aryl methyl sites for hydroxylation is 1. The van der Waals surface area contributed by atoms with Crippen molar-refractivity contribution >= 4 is 11.6 Å². The molecule has 1 atom stereocenters. The molecule has 0 fully saturated rings. The Morgan fingerprint density at radius 1 is 0.960 bits per heavy atom. The van der Waals surface area contributed by atoms with Crippen molar-refractivity contribution in [2.75, 3.05) is 6.54 Å². The quantitative estimate of drug-likeness (QED) is 0.730. The number of hydrogen-bond donors (Lipinski definition) is 1. The third-order valence-corrected chi connectivity index (χ3v) is 5.26. The molecule has 1 aliphatic rings. The second kappa shape index (κ2) is 6.95. The largest absolute Gasteiger partial charge is 0.508 e. The summed E-state index contributed by atoms with van der Waals surface area (Å²) >= 11 is 6.56. The number of phenols is 1. The summed E-state index contributed by atoms with van der Waals surface area (Å²) < 4.78 is 2.32. The maximum absolute atomic E-state index is 10.2. The fourth-order valence-electron chi connectivity index (χ4n) is 3.73. The molecule has 1 unspecified atom stereocenters. The van der Waals surface area contributed by atoms with Crippen LogP contribution in [0.4, 0.5) is 0 Å². The average Bonchev–Trinajstić information content (AvgIpc) is 3.00. The van der Waals surface area contributed by atoms with Crippen molar-refractivity contribution in [2.45, 2.75) is 25.6 Å². The number of benzene rings is 2. The number of phenolic OH excluding ortho intramolecular Hbond substituents is 1. The zero-order chi connectivity index (χ0) is 17.2. The van der Waals surface area contributed by atoms with Gasteiger partial charge in [0.2, 0.25) is 0 Å². The van der Waals surface area contributed by atoms with E-state index in [-0.39, 0.29) is 6.04 Å². The zero-order valence-electron chi connectivity index (χ0n) is 14.0. The van der Waals surface area contributed by atoms with Gasteiger partial charge in [-0.1, -0.05) is 48.0 Å². The third-order valence-electron chi connectivity index (χ3n) is 4.92. The van der Waals surface area contributed by atoms with E-state index in [1.54, 1.807) is 6.07 Å². The van der Waals surface area contributed by atoms with Crippen LogP contribution >= 0.6 is 11.6 Å². The van der Waals surface area contributed by atoms with Gasteiger partial charge in [0.05, 0.1) is 6.04 Å². The SMILES string of the molecule is Oc1ccccc1CN1CCCn2cccc2C1c1ccccc1Cl. The molecule has 0 radical (unpaired) electrons. The number of aromatic nitrogens is 1. The van der Waals surface area contributed by atoms with E-state index < -0.39 is 0 Å². The molecule has 0 bridgehead atoms. The van der Waals surface area contributed by atoms with Crippen LogP contribution in [0.5, 0.6) is 5.75 Å². The number of para-hydroxylation sites is 1. The fraction of sp³-hybridized carbons (Fsp3) is 0.238. The lowest BCUT2D eigenvalue weighted by molar-refractivity contribution is 0.218. The molecule has 0 aliphatic carbocycles. The third kappa shape index (κ3) is 3.17. The van der Waals surface area contributed by atoms with Crippen molar-refractivity contribution in [3.8, 4) is 5.75 Å². The van der Waals surface area contributed by atoms with Gasteiger partial charge >= 0.3 is 0 Å². The van der Waals surface area contributed by atoms with Crippen molar-refractivity contribution < 1.29 is 5.11 Å². The normalized spacial score (nSPS) is 17.9. The second-order valence-corrected chi connectivity index (χ2v) is 6.91. The molecule has 2 heterocycles. The molecule has 25 heavy (non-hydrogen) atoms.